The number of aromatic amines is 1. The van der Waals surface area contributed by atoms with Gasteiger partial charge in [-0.25, -0.2) is 0 Å². The van der Waals surface area contributed by atoms with Gasteiger partial charge in [-0.1, -0.05) is 12.1 Å². The van der Waals surface area contributed by atoms with Crippen molar-refractivity contribution >= 4 is 16.9 Å². The van der Waals surface area contributed by atoms with Gasteiger partial charge in [0, 0.05) is 11.9 Å². The molecule has 0 fully saturated rings. The first-order valence-corrected chi connectivity index (χ1v) is 6.03. The van der Waals surface area contributed by atoms with E-state index in [0.29, 0.717) is 6.54 Å². The zero-order chi connectivity index (χ0) is 13.8. The third kappa shape index (κ3) is 3.10. The van der Waals surface area contributed by atoms with E-state index in [2.05, 4.69) is 20.3 Å². The van der Waals surface area contributed by atoms with Crippen molar-refractivity contribution in [2.24, 2.45) is 0 Å². The van der Waals surface area contributed by atoms with Crippen LogP contribution in [0.15, 0.2) is 24.4 Å². The Morgan fingerprint density at radius 1 is 1.58 bits per heavy atom. The molecule has 2 atom stereocenters. The van der Waals surface area contributed by atoms with Gasteiger partial charge in [0.2, 0.25) is 0 Å². The molecule has 0 aliphatic heterocycles. The summed E-state index contributed by atoms with van der Waals surface area (Å²) in [6.45, 7) is 2.01. The number of esters is 1. The van der Waals surface area contributed by atoms with Crippen LogP contribution in [-0.2, 0) is 16.1 Å². The first-order chi connectivity index (χ1) is 9.11. The highest BCUT2D eigenvalue weighted by Gasteiger charge is 2.23. The molecular weight excluding hydrogens is 246 g/mol. The summed E-state index contributed by atoms with van der Waals surface area (Å²) < 4.78 is 4.64. The second-order valence-corrected chi connectivity index (χ2v) is 4.41. The maximum Gasteiger partial charge on any atom is 0.325 e. The predicted octanol–water partition coefficient (Wildman–Crippen LogP) is 0.575. The number of fused-ring (bicyclic) bond motifs is 1. The summed E-state index contributed by atoms with van der Waals surface area (Å²) in [6, 6.07) is 5.11. The van der Waals surface area contributed by atoms with Crippen LogP contribution in [0.2, 0.25) is 0 Å². The first-order valence-electron chi connectivity index (χ1n) is 6.03. The number of rotatable bonds is 5. The third-order valence-electron chi connectivity index (χ3n) is 2.97. The van der Waals surface area contributed by atoms with Crippen LogP contribution in [0.4, 0.5) is 0 Å². The summed E-state index contributed by atoms with van der Waals surface area (Å²) in [5.74, 6) is -0.474. The normalized spacial score (nSPS) is 14.3. The van der Waals surface area contributed by atoms with E-state index < -0.39 is 18.1 Å². The quantitative estimate of drug-likeness (QED) is 0.687. The highest BCUT2D eigenvalue weighted by atomic mass is 16.5. The molecule has 1 heterocycles. The zero-order valence-corrected chi connectivity index (χ0v) is 10.9. The van der Waals surface area contributed by atoms with Crippen LogP contribution in [0.3, 0.4) is 0 Å². The van der Waals surface area contributed by atoms with Gasteiger partial charge in [-0.3, -0.25) is 15.2 Å². The van der Waals surface area contributed by atoms with Gasteiger partial charge < -0.3 is 9.84 Å². The average molecular weight is 263 g/mol. The van der Waals surface area contributed by atoms with Crippen LogP contribution in [-0.4, -0.2) is 40.5 Å². The molecule has 0 amide bonds. The third-order valence-corrected chi connectivity index (χ3v) is 2.97. The molecule has 0 bridgehead atoms. The SMILES string of the molecule is COC(=O)[C@@H](NCc1ccc2cn[nH]c2c1)[C@@H](C)O. The zero-order valence-electron chi connectivity index (χ0n) is 10.9. The summed E-state index contributed by atoms with van der Waals surface area (Å²) in [4.78, 5) is 11.5. The van der Waals surface area contributed by atoms with Crippen LogP contribution in [0, 0.1) is 0 Å². The highest BCUT2D eigenvalue weighted by molar-refractivity contribution is 5.78. The highest BCUT2D eigenvalue weighted by Crippen LogP contribution is 2.12. The van der Waals surface area contributed by atoms with Crippen LogP contribution < -0.4 is 5.32 Å². The van der Waals surface area contributed by atoms with Gasteiger partial charge in [-0.05, 0) is 18.6 Å². The molecule has 19 heavy (non-hydrogen) atoms. The van der Waals surface area contributed by atoms with Crippen LogP contribution in [0.5, 0.6) is 0 Å². The fraction of sp³-hybridized carbons (Fsp3) is 0.385. The topological polar surface area (TPSA) is 87.2 Å². The Balaban J connectivity index is 2.05. The molecule has 6 nitrogen and oxygen atoms in total. The van der Waals surface area contributed by atoms with Crippen molar-refractivity contribution in [3.05, 3.63) is 30.0 Å². The first kappa shape index (κ1) is 13.5. The molecule has 0 aliphatic carbocycles. The number of ether oxygens (including phenoxy) is 1. The van der Waals surface area contributed by atoms with E-state index in [9.17, 15) is 9.90 Å². The summed E-state index contributed by atoms with van der Waals surface area (Å²) in [5.41, 5.74) is 1.93. The van der Waals surface area contributed by atoms with Gasteiger partial charge in [0.1, 0.15) is 6.04 Å². The van der Waals surface area contributed by atoms with Crippen LogP contribution in [0.1, 0.15) is 12.5 Å². The van der Waals surface area contributed by atoms with Crippen LogP contribution >= 0.6 is 0 Å². The monoisotopic (exact) mass is 263 g/mol. The van der Waals surface area contributed by atoms with Crippen molar-refractivity contribution in [1.82, 2.24) is 15.5 Å². The standard InChI is InChI=1S/C13H17N3O3/c1-8(17)12(13(18)19-2)14-6-9-3-4-10-7-15-16-11(10)5-9/h3-5,7-8,12,14,17H,6H2,1-2H3,(H,15,16)/t8-,12+/m1/s1. The fourth-order valence-corrected chi connectivity index (χ4v) is 1.90. The number of carbonyl (C=O) groups is 1. The van der Waals surface area contributed by atoms with Crippen molar-refractivity contribution in [3.8, 4) is 0 Å². The molecule has 2 aromatic rings. The lowest BCUT2D eigenvalue weighted by molar-refractivity contribution is -0.145. The van der Waals surface area contributed by atoms with Gasteiger partial charge >= 0.3 is 5.97 Å². The number of hydrogen-bond acceptors (Lipinski definition) is 5. The second kappa shape index (κ2) is 5.81. The molecule has 6 heteroatoms. The molecule has 0 saturated carbocycles. The van der Waals surface area contributed by atoms with E-state index in [-0.39, 0.29) is 0 Å². The van der Waals surface area contributed by atoms with Crippen molar-refractivity contribution in [1.29, 1.82) is 0 Å². The second-order valence-electron chi connectivity index (χ2n) is 4.41. The van der Waals surface area contributed by atoms with Gasteiger partial charge in [0.25, 0.3) is 0 Å². The number of aromatic nitrogens is 2. The number of H-pyrrole nitrogens is 1. The van der Waals surface area contributed by atoms with Gasteiger partial charge in [0.05, 0.1) is 24.9 Å². The van der Waals surface area contributed by atoms with E-state index in [1.54, 1.807) is 13.1 Å². The van der Waals surface area contributed by atoms with Crippen molar-refractivity contribution in [2.45, 2.75) is 25.6 Å². The molecule has 0 aliphatic rings. The smallest absolute Gasteiger partial charge is 0.325 e. The lowest BCUT2D eigenvalue weighted by atomic mass is 10.1. The lowest BCUT2D eigenvalue weighted by Crippen LogP contribution is -2.45. The Morgan fingerprint density at radius 2 is 2.37 bits per heavy atom. The average Bonchev–Trinajstić information content (AvgIpc) is 2.85. The number of benzene rings is 1. The Labute approximate surface area is 110 Å². The van der Waals surface area contributed by atoms with Crippen molar-refractivity contribution < 1.29 is 14.6 Å². The largest absolute Gasteiger partial charge is 0.468 e. The van der Waals surface area contributed by atoms with Crippen molar-refractivity contribution in [3.63, 3.8) is 0 Å². The van der Waals surface area contributed by atoms with Crippen LogP contribution in [0.25, 0.3) is 10.9 Å². The number of carbonyl (C=O) groups excluding carboxylic acids is 1. The minimum atomic E-state index is -0.816. The van der Waals surface area contributed by atoms with E-state index in [0.717, 1.165) is 16.5 Å². The molecule has 0 spiro atoms. The molecule has 1 aromatic heterocycles. The lowest BCUT2D eigenvalue weighted by Gasteiger charge is -2.18. The number of aliphatic hydroxyl groups excluding tert-OH is 1. The Bertz CT molecular complexity index is 565. The number of nitrogens with zero attached hydrogens (tertiary/aromatic N) is 1. The maximum absolute atomic E-state index is 11.5. The minimum absolute atomic E-state index is 0.458. The van der Waals surface area contributed by atoms with Gasteiger partial charge in [-0.2, -0.15) is 5.10 Å². The van der Waals surface area contributed by atoms with E-state index >= 15 is 0 Å². The number of methoxy groups -OCH3 is 1. The van der Waals surface area contributed by atoms with Crippen molar-refractivity contribution in [2.75, 3.05) is 7.11 Å². The predicted molar refractivity (Wildman–Crippen MR) is 70.4 cm³/mol. The molecule has 1 aromatic carbocycles. The van der Waals surface area contributed by atoms with E-state index in [1.165, 1.54) is 7.11 Å². The van der Waals surface area contributed by atoms with E-state index in [4.69, 9.17) is 0 Å². The summed E-state index contributed by atoms with van der Waals surface area (Å²) in [7, 11) is 1.30. The van der Waals surface area contributed by atoms with Gasteiger partial charge in [-0.15, -0.1) is 0 Å². The van der Waals surface area contributed by atoms with Gasteiger partial charge in [0.15, 0.2) is 0 Å². The molecule has 0 radical (unpaired) electrons. The molecular formula is C13H17N3O3. The molecule has 102 valence electrons. The molecule has 0 unspecified atom stereocenters. The minimum Gasteiger partial charge on any atom is -0.468 e. The van der Waals surface area contributed by atoms with E-state index in [1.807, 2.05) is 18.2 Å². The number of aliphatic hydroxyl groups is 1. The number of hydrogen-bond donors (Lipinski definition) is 3. The fourth-order valence-electron chi connectivity index (χ4n) is 1.90. The Kier molecular flexibility index (Phi) is 4.13. The summed E-state index contributed by atoms with van der Waals surface area (Å²) in [6.07, 6.45) is 0.933. The molecule has 3 N–H and O–H groups in total. The Morgan fingerprint density at radius 3 is 3.05 bits per heavy atom. The maximum atomic E-state index is 11.5. The Hall–Kier alpha value is -1.92. The summed E-state index contributed by atoms with van der Waals surface area (Å²) >= 11 is 0. The summed E-state index contributed by atoms with van der Waals surface area (Å²) in [5, 5.41) is 20.4. The molecule has 0 saturated heterocycles. The molecule has 2 rings (SSSR count). The number of nitrogens with one attached hydrogen (secondary N) is 2.